The van der Waals surface area contributed by atoms with Crippen molar-refractivity contribution in [2.45, 2.75) is 32.1 Å². The Morgan fingerprint density at radius 2 is 1.97 bits per heavy atom. The number of benzene rings is 1. The Hall–Kier alpha value is -3.98. The molecule has 0 saturated carbocycles. The number of pyridine rings is 1. The topological polar surface area (TPSA) is 166 Å². The van der Waals surface area contributed by atoms with Gasteiger partial charge in [-0.15, -0.1) is 0 Å². The summed E-state index contributed by atoms with van der Waals surface area (Å²) in [6.07, 6.45) is 2.87. The number of halogens is 2. The van der Waals surface area contributed by atoms with Gasteiger partial charge in [-0.05, 0) is 25.1 Å². The maximum absolute atomic E-state index is 12.6. The average molecular weight is 494 g/mol. The number of aryl methyl sites for hydroxylation is 1. The van der Waals surface area contributed by atoms with Crippen LogP contribution in [0.15, 0.2) is 30.5 Å². The third-order valence-corrected chi connectivity index (χ3v) is 4.47. The van der Waals surface area contributed by atoms with E-state index < -0.39 is 18.4 Å². The molecule has 1 aliphatic rings. The maximum Gasteiger partial charge on any atom is 0.303 e. The number of hydrogen-bond acceptors (Lipinski definition) is 7. The van der Waals surface area contributed by atoms with E-state index in [-0.39, 0.29) is 38.2 Å². The summed E-state index contributed by atoms with van der Waals surface area (Å²) in [4.78, 5) is 46.5. The van der Waals surface area contributed by atoms with E-state index in [1.54, 1.807) is 25.4 Å². The Labute approximate surface area is 201 Å². The summed E-state index contributed by atoms with van der Waals surface area (Å²) in [6.45, 7) is 1.32. The number of nitrogens with zero attached hydrogens (tertiary/aromatic N) is 3. The molecule has 1 aromatic carbocycles. The smallest absolute Gasteiger partial charge is 0.303 e. The van der Waals surface area contributed by atoms with Crippen molar-refractivity contribution < 1.29 is 33.1 Å². The number of carbonyl (C=O) groups is 4. The minimum Gasteiger partial charge on any atom is -0.481 e. The molecule has 0 aliphatic carbocycles. The minimum absolute atomic E-state index is 0.0616. The fourth-order valence-corrected chi connectivity index (χ4v) is 3.02. The monoisotopic (exact) mass is 493 g/mol. The lowest BCUT2D eigenvalue weighted by Crippen LogP contribution is -2.36. The van der Waals surface area contributed by atoms with Crippen LogP contribution in [-0.2, 0) is 20.8 Å². The van der Waals surface area contributed by atoms with Crippen molar-refractivity contribution in [3.63, 3.8) is 0 Å². The summed E-state index contributed by atoms with van der Waals surface area (Å²) in [6, 6.07) is 8.87. The largest absolute Gasteiger partial charge is 0.481 e. The maximum atomic E-state index is 12.6. The Kier molecular flexibility index (Phi) is 14.7. The predicted octanol–water partition coefficient (Wildman–Crippen LogP) is 1.77. The molecule has 0 spiro atoms. The second-order valence-corrected chi connectivity index (χ2v) is 7.04. The summed E-state index contributed by atoms with van der Waals surface area (Å²) in [7, 11) is 1.62. The van der Waals surface area contributed by atoms with Crippen LogP contribution >= 0.6 is 0 Å². The number of alkyl halides is 2. The summed E-state index contributed by atoms with van der Waals surface area (Å²) in [5, 5.41) is 19.4. The van der Waals surface area contributed by atoms with Gasteiger partial charge in [0, 0.05) is 43.5 Å². The third kappa shape index (κ3) is 11.6. The lowest BCUT2D eigenvalue weighted by Gasteiger charge is -2.15. The molecule has 190 valence electrons. The fourth-order valence-electron chi connectivity index (χ4n) is 3.02. The summed E-state index contributed by atoms with van der Waals surface area (Å²) in [5.41, 5.74) is 6.30. The van der Waals surface area contributed by atoms with E-state index in [0.29, 0.717) is 17.5 Å². The second-order valence-electron chi connectivity index (χ2n) is 7.04. The molecule has 2 amide bonds. The standard InChI is InChI=1S/C13H11NO3.C7H12F2N2O.C2H3N.CH3NO/c15-8-10-6-7-14-13-9(4-5-12(16)17)2-1-3-11(10)13;1-10-4-6(12)11-3-2-7(8,9)5-11;1-2-3;2-1-3/h1-3,6-8H,4-5H2,(H,16,17);10H,2-5H2,1H3;1H3;1H,(H2,2,3). The highest BCUT2D eigenvalue weighted by atomic mass is 19.3. The highest BCUT2D eigenvalue weighted by molar-refractivity contribution is 5.97. The molecule has 0 atom stereocenters. The van der Waals surface area contributed by atoms with Crippen molar-refractivity contribution in [2.24, 2.45) is 5.73 Å². The van der Waals surface area contributed by atoms with E-state index in [0.717, 1.165) is 17.2 Å². The van der Waals surface area contributed by atoms with Gasteiger partial charge in [0.05, 0.1) is 24.7 Å². The van der Waals surface area contributed by atoms with E-state index in [1.807, 2.05) is 18.2 Å². The number of carboxylic acid groups (broad SMARTS) is 1. The number of para-hydroxylation sites is 1. The van der Waals surface area contributed by atoms with Crippen molar-refractivity contribution in [2.75, 3.05) is 26.7 Å². The molecule has 12 heteroatoms. The van der Waals surface area contributed by atoms with E-state index in [1.165, 1.54) is 11.8 Å². The van der Waals surface area contributed by atoms with Gasteiger partial charge < -0.3 is 21.1 Å². The Morgan fingerprint density at radius 1 is 1.34 bits per heavy atom. The summed E-state index contributed by atoms with van der Waals surface area (Å²) >= 11 is 0. The first-order chi connectivity index (χ1) is 16.6. The number of primary amides is 1. The second kappa shape index (κ2) is 16.6. The van der Waals surface area contributed by atoms with Gasteiger partial charge in [-0.2, -0.15) is 5.26 Å². The zero-order valence-corrected chi connectivity index (χ0v) is 19.5. The number of nitrogens with one attached hydrogen (secondary N) is 1. The van der Waals surface area contributed by atoms with Crippen LogP contribution in [0.25, 0.3) is 10.9 Å². The first-order valence-corrected chi connectivity index (χ1v) is 10.4. The number of rotatable bonds is 6. The number of aldehydes is 1. The third-order valence-electron chi connectivity index (χ3n) is 4.47. The number of likely N-dealkylation sites (N-methyl/N-ethyl adjacent to an activating group) is 1. The van der Waals surface area contributed by atoms with Crippen LogP contribution in [-0.4, -0.2) is 72.2 Å². The molecule has 35 heavy (non-hydrogen) atoms. The van der Waals surface area contributed by atoms with Crippen LogP contribution in [0.1, 0.15) is 35.7 Å². The number of nitrogens with two attached hydrogens (primary N) is 1. The number of likely N-dealkylation sites (tertiary alicyclic amines) is 1. The Bertz CT molecular complexity index is 1030. The van der Waals surface area contributed by atoms with E-state index in [4.69, 9.17) is 15.2 Å². The number of hydrogen-bond donors (Lipinski definition) is 3. The number of fused-ring (bicyclic) bond motifs is 1. The van der Waals surface area contributed by atoms with Crippen molar-refractivity contribution in [1.82, 2.24) is 15.2 Å². The molecular weight excluding hydrogens is 464 g/mol. The van der Waals surface area contributed by atoms with E-state index in [9.17, 15) is 23.2 Å². The van der Waals surface area contributed by atoms with Crippen LogP contribution in [0.4, 0.5) is 8.78 Å². The van der Waals surface area contributed by atoms with Gasteiger partial charge >= 0.3 is 5.97 Å². The van der Waals surface area contributed by atoms with Gasteiger partial charge in [-0.1, -0.05) is 18.2 Å². The quantitative estimate of drug-likeness (QED) is 0.512. The van der Waals surface area contributed by atoms with E-state index >= 15 is 0 Å². The number of carboxylic acids is 1. The summed E-state index contributed by atoms with van der Waals surface area (Å²) in [5.74, 6) is -3.77. The van der Waals surface area contributed by atoms with Gasteiger partial charge in [0.25, 0.3) is 5.92 Å². The number of carbonyl (C=O) groups excluding carboxylic acids is 3. The molecule has 3 rings (SSSR count). The number of amides is 2. The first kappa shape index (κ1) is 31.0. The zero-order chi connectivity index (χ0) is 26.9. The molecule has 4 N–H and O–H groups in total. The predicted molar refractivity (Wildman–Crippen MR) is 125 cm³/mol. The van der Waals surface area contributed by atoms with Crippen LogP contribution in [0.3, 0.4) is 0 Å². The molecule has 0 radical (unpaired) electrons. The highest BCUT2D eigenvalue weighted by Gasteiger charge is 2.39. The van der Waals surface area contributed by atoms with Gasteiger partial charge in [-0.3, -0.25) is 24.2 Å². The SMILES string of the molecule is CC#N.CNCC(=O)N1CCC(F)(F)C1.NC=O.O=Cc1ccnc2c(CCC(=O)O)cccc12. The lowest BCUT2D eigenvalue weighted by atomic mass is 10.0. The number of aromatic nitrogens is 1. The van der Waals surface area contributed by atoms with Crippen molar-refractivity contribution in [3.05, 3.63) is 41.6 Å². The Balaban J connectivity index is 0.000000560. The summed E-state index contributed by atoms with van der Waals surface area (Å²) < 4.78 is 25.2. The van der Waals surface area contributed by atoms with Crippen LogP contribution in [0.5, 0.6) is 0 Å². The highest BCUT2D eigenvalue weighted by Crippen LogP contribution is 2.26. The molecule has 2 heterocycles. The normalized spacial score (nSPS) is 12.9. The number of aliphatic carboxylic acids is 1. The first-order valence-electron chi connectivity index (χ1n) is 10.4. The van der Waals surface area contributed by atoms with Crippen molar-refractivity contribution in [1.29, 1.82) is 5.26 Å². The van der Waals surface area contributed by atoms with Crippen molar-refractivity contribution in [3.8, 4) is 6.07 Å². The van der Waals surface area contributed by atoms with Crippen molar-refractivity contribution >= 4 is 35.5 Å². The molecule has 10 nitrogen and oxygen atoms in total. The van der Waals surface area contributed by atoms with Crippen LogP contribution in [0, 0.1) is 11.3 Å². The lowest BCUT2D eigenvalue weighted by molar-refractivity contribution is -0.137. The Morgan fingerprint density at radius 3 is 2.46 bits per heavy atom. The van der Waals surface area contributed by atoms with Gasteiger partial charge in [0.1, 0.15) is 0 Å². The molecule has 1 aromatic heterocycles. The zero-order valence-electron chi connectivity index (χ0n) is 19.5. The van der Waals surface area contributed by atoms with Gasteiger partial charge in [0.15, 0.2) is 6.29 Å². The number of nitriles is 1. The molecule has 1 saturated heterocycles. The minimum atomic E-state index is -2.68. The molecule has 2 aromatic rings. The van der Waals surface area contributed by atoms with E-state index in [2.05, 4.69) is 16.0 Å². The van der Waals surface area contributed by atoms with Crippen LogP contribution < -0.4 is 11.1 Å². The average Bonchev–Trinajstić information content (AvgIpc) is 3.18. The molecule has 1 aliphatic heterocycles. The molecule has 0 bridgehead atoms. The molecule has 0 unspecified atom stereocenters. The fraction of sp³-hybridized carbons (Fsp3) is 0.391. The van der Waals surface area contributed by atoms with Gasteiger partial charge in [0.2, 0.25) is 12.3 Å². The van der Waals surface area contributed by atoms with Gasteiger partial charge in [-0.25, -0.2) is 8.78 Å². The molecule has 1 fully saturated rings. The molecular formula is C23H29F2N5O5. The van der Waals surface area contributed by atoms with Crippen LogP contribution in [0.2, 0.25) is 0 Å².